The molecule has 0 amide bonds. The molecule has 5 aliphatic carbocycles. The summed E-state index contributed by atoms with van der Waals surface area (Å²) in [7, 11) is 0. The third-order valence-electron chi connectivity index (χ3n) is 12.8. The Balaban J connectivity index is 1.61. The summed E-state index contributed by atoms with van der Waals surface area (Å²) in [6.45, 7) is 16.0. The Bertz CT molecular complexity index is 961. The molecule has 0 aromatic carbocycles. The van der Waals surface area contributed by atoms with E-state index in [0.717, 1.165) is 51.4 Å². The molecular weight excluding hydrogens is 424 g/mol. The van der Waals surface area contributed by atoms with Crippen molar-refractivity contribution in [3.8, 4) is 0 Å². The summed E-state index contributed by atoms with van der Waals surface area (Å²) in [6.07, 6.45) is 9.62. The maximum Gasteiger partial charge on any atom is 0.310 e. The summed E-state index contributed by atoms with van der Waals surface area (Å²) in [6, 6.07) is 0. The minimum atomic E-state index is -0.873. The van der Waals surface area contributed by atoms with Crippen LogP contribution in [0.15, 0.2) is 11.6 Å². The van der Waals surface area contributed by atoms with Crippen LogP contribution in [0, 0.1) is 50.2 Å². The number of Topliss-reactive ketones (excluding diaryl/α,β-unsaturated/α-hetero) is 1. The molecule has 4 fully saturated rings. The van der Waals surface area contributed by atoms with Crippen molar-refractivity contribution in [2.45, 2.75) is 112 Å². The SMILES string of the molecule is CC1(C)CC[C@]2(C(=O)O)CC[C@]3(C)C(=CC[C@@H]4[C@@]5(C)CC(O)C(=O)C(C)(C)C5CC[C@]43C)[C@H]2C1. The van der Waals surface area contributed by atoms with E-state index in [0.29, 0.717) is 12.3 Å². The molecule has 0 heterocycles. The molecule has 5 rings (SSSR count). The smallest absolute Gasteiger partial charge is 0.310 e. The second-order valence-corrected chi connectivity index (χ2v) is 15.0. The van der Waals surface area contributed by atoms with Crippen molar-refractivity contribution in [1.29, 1.82) is 0 Å². The summed E-state index contributed by atoms with van der Waals surface area (Å²) in [5.74, 6) is 0.219. The zero-order valence-electron chi connectivity index (χ0n) is 22.5. The van der Waals surface area contributed by atoms with Crippen LogP contribution in [-0.4, -0.2) is 28.1 Å². The van der Waals surface area contributed by atoms with Crippen LogP contribution in [0.25, 0.3) is 0 Å². The van der Waals surface area contributed by atoms with Gasteiger partial charge < -0.3 is 10.2 Å². The number of allylic oxidation sites excluding steroid dienone is 2. The molecule has 0 radical (unpaired) electrons. The predicted molar refractivity (Wildman–Crippen MR) is 133 cm³/mol. The first-order valence-corrected chi connectivity index (χ1v) is 13.7. The van der Waals surface area contributed by atoms with E-state index in [9.17, 15) is 19.8 Å². The normalized spacial score (nSPS) is 51.3. The molecule has 2 unspecified atom stereocenters. The third kappa shape index (κ3) is 2.81. The first kappa shape index (κ1) is 24.5. The Hall–Kier alpha value is -1.16. The molecule has 4 nitrogen and oxygen atoms in total. The Morgan fingerprint density at radius 2 is 1.56 bits per heavy atom. The molecule has 34 heavy (non-hydrogen) atoms. The number of aliphatic carboxylic acids is 1. The van der Waals surface area contributed by atoms with Gasteiger partial charge in [0.25, 0.3) is 0 Å². The molecular formula is C30H46O4. The first-order chi connectivity index (χ1) is 15.6. The van der Waals surface area contributed by atoms with Crippen LogP contribution in [0.3, 0.4) is 0 Å². The number of aliphatic hydroxyl groups is 1. The van der Waals surface area contributed by atoms with Crippen molar-refractivity contribution in [1.82, 2.24) is 0 Å². The lowest BCUT2D eigenvalue weighted by Gasteiger charge is -2.70. The maximum absolute atomic E-state index is 13.0. The molecule has 190 valence electrons. The van der Waals surface area contributed by atoms with Gasteiger partial charge in [-0.05, 0) is 97.2 Å². The number of carboxylic acids is 1. The largest absolute Gasteiger partial charge is 0.481 e. The minimum absolute atomic E-state index is 0.0187. The zero-order valence-corrected chi connectivity index (χ0v) is 22.5. The van der Waals surface area contributed by atoms with Crippen LogP contribution >= 0.6 is 0 Å². The van der Waals surface area contributed by atoms with Gasteiger partial charge in [0.1, 0.15) is 6.10 Å². The van der Waals surface area contributed by atoms with Crippen molar-refractivity contribution >= 4 is 11.8 Å². The number of carbonyl (C=O) groups is 2. The third-order valence-corrected chi connectivity index (χ3v) is 12.8. The number of rotatable bonds is 1. The van der Waals surface area contributed by atoms with E-state index in [1.165, 1.54) is 5.57 Å². The van der Waals surface area contributed by atoms with E-state index in [1.807, 2.05) is 0 Å². The number of fused-ring (bicyclic) bond motifs is 7. The van der Waals surface area contributed by atoms with Gasteiger partial charge in [-0.25, -0.2) is 0 Å². The van der Waals surface area contributed by atoms with Gasteiger partial charge in [0.2, 0.25) is 0 Å². The van der Waals surface area contributed by atoms with E-state index in [1.54, 1.807) is 0 Å². The van der Waals surface area contributed by atoms with Gasteiger partial charge in [-0.15, -0.1) is 0 Å². The van der Waals surface area contributed by atoms with E-state index in [-0.39, 0.29) is 39.3 Å². The lowest BCUT2D eigenvalue weighted by Crippen LogP contribution is -2.66. The summed E-state index contributed by atoms with van der Waals surface area (Å²) in [5.41, 5.74) is 0.408. The molecule has 0 bridgehead atoms. The van der Waals surface area contributed by atoms with E-state index in [2.05, 4.69) is 54.5 Å². The fraction of sp³-hybridized carbons (Fsp3) is 0.867. The standard InChI is InChI=1S/C30H46O4/c1-25(2)12-14-30(24(33)34)15-13-28(6)18(19(30)16-25)8-9-22-27(5)17-20(31)23(32)26(3,4)21(27)10-11-29(22,28)7/h8,19-22,31H,9-17H2,1-7H3,(H,33,34)/t19-,20?,21?,22-,27+,28-,29-,30+/m1/s1. The van der Waals surface area contributed by atoms with Crippen molar-refractivity contribution in [3.05, 3.63) is 11.6 Å². The van der Waals surface area contributed by atoms with Gasteiger partial charge in [-0.2, -0.15) is 0 Å². The average Bonchev–Trinajstić information content (AvgIpc) is 2.72. The number of ketones is 1. The number of hydrogen-bond acceptors (Lipinski definition) is 3. The summed E-state index contributed by atoms with van der Waals surface area (Å²) < 4.78 is 0. The highest BCUT2D eigenvalue weighted by molar-refractivity contribution is 5.89. The maximum atomic E-state index is 13.0. The van der Waals surface area contributed by atoms with Gasteiger partial charge in [0.05, 0.1) is 5.41 Å². The molecule has 0 aliphatic heterocycles. The Labute approximate surface area is 206 Å². The molecule has 8 atom stereocenters. The molecule has 5 aliphatic rings. The number of aliphatic hydroxyl groups excluding tert-OH is 1. The van der Waals surface area contributed by atoms with Crippen molar-refractivity contribution in [3.63, 3.8) is 0 Å². The Kier molecular flexibility index (Phi) is 5.04. The minimum Gasteiger partial charge on any atom is -0.481 e. The monoisotopic (exact) mass is 470 g/mol. The van der Waals surface area contributed by atoms with Crippen LogP contribution in [0.1, 0.15) is 106 Å². The van der Waals surface area contributed by atoms with E-state index in [4.69, 9.17) is 0 Å². The number of hydrogen-bond donors (Lipinski definition) is 2. The molecule has 4 heteroatoms. The molecule has 0 spiro atoms. The first-order valence-electron chi connectivity index (χ1n) is 13.7. The number of carbonyl (C=O) groups excluding carboxylic acids is 1. The average molecular weight is 471 g/mol. The highest BCUT2D eigenvalue weighted by Crippen LogP contribution is 2.75. The van der Waals surface area contributed by atoms with Crippen LogP contribution in [0.2, 0.25) is 0 Å². The quantitative estimate of drug-likeness (QED) is 0.434. The molecule has 2 N–H and O–H groups in total. The fourth-order valence-electron chi connectivity index (χ4n) is 10.6. The van der Waals surface area contributed by atoms with Crippen molar-refractivity contribution in [2.24, 2.45) is 50.2 Å². The molecule has 0 aromatic heterocycles. The summed E-state index contributed by atoms with van der Waals surface area (Å²) in [5, 5.41) is 21.4. The van der Waals surface area contributed by atoms with E-state index < -0.39 is 22.9 Å². The lowest BCUT2D eigenvalue weighted by molar-refractivity contribution is -0.200. The predicted octanol–water partition coefficient (Wildman–Crippen LogP) is 6.41. The molecule has 4 saturated carbocycles. The Morgan fingerprint density at radius 3 is 2.21 bits per heavy atom. The van der Waals surface area contributed by atoms with Crippen molar-refractivity contribution in [2.75, 3.05) is 0 Å². The van der Waals surface area contributed by atoms with Gasteiger partial charge >= 0.3 is 5.97 Å². The van der Waals surface area contributed by atoms with Crippen molar-refractivity contribution < 1.29 is 19.8 Å². The van der Waals surface area contributed by atoms with Gasteiger partial charge in [0, 0.05) is 5.41 Å². The summed E-state index contributed by atoms with van der Waals surface area (Å²) in [4.78, 5) is 25.7. The molecule has 0 saturated heterocycles. The topological polar surface area (TPSA) is 74.6 Å². The van der Waals surface area contributed by atoms with Gasteiger partial charge in [-0.1, -0.05) is 60.1 Å². The van der Waals surface area contributed by atoms with Crippen LogP contribution in [0.4, 0.5) is 0 Å². The van der Waals surface area contributed by atoms with Crippen LogP contribution in [-0.2, 0) is 9.59 Å². The Morgan fingerprint density at radius 1 is 0.912 bits per heavy atom. The zero-order chi connectivity index (χ0) is 25.1. The highest BCUT2D eigenvalue weighted by atomic mass is 16.4. The van der Waals surface area contributed by atoms with Crippen LogP contribution < -0.4 is 0 Å². The number of carboxylic acid groups (broad SMARTS) is 1. The second kappa shape index (κ2) is 6.99. The molecule has 0 aromatic rings. The van der Waals surface area contributed by atoms with Gasteiger partial charge in [0.15, 0.2) is 5.78 Å². The lowest BCUT2D eigenvalue weighted by atomic mass is 9.33. The van der Waals surface area contributed by atoms with Crippen LogP contribution in [0.5, 0.6) is 0 Å². The van der Waals surface area contributed by atoms with Gasteiger partial charge in [-0.3, -0.25) is 9.59 Å². The fourth-order valence-corrected chi connectivity index (χ4v) is 10.6. The van der Waals surface area contributed by atoms with E-state index >= 15 is 0 Å². The second-order valence-electron chi connectivity index (χ2n) is 15.0. The highest BCUT2D eigenvalue weighted by Gasteiger charge is 2.70. The summed E-state index contributed by atoms with van der Waals surface area (Å²) >= 11 is 0.